The predicted octanol–water partition coefficient (Wildman–Crippen LogP) is 2.79. The largest absolute Gasteiger partial charge is 0.333 e. The molecule has 130 valence electrons. The van der Waals surface area contributed by atoms with Gasteiger partial charge in [0.25, 0.3) is 0 Å². The van der Waals surface area contributed by atoms with Crippen LogP contribution in [0, 0.1) is 18.8 Å². The molecule has 1 N–H and O–H groups in total. The minimum atomic E-state index is -0.112. The van der Waals surface area contributed by atoms with Crippen molar-refractivity contribution in [2.24, 2.45) is 11.8 Å². The van der Waals surface area contributed by atoms with Crippen LogP contribution in [0.2, 0.25) is 0 Å². The number of rotatable bonds is 2. The van der Waals surface area contributed by atoms with Gasteiger partial charge in [-0.3, -0.25) is 4.79 Å². The van der Waals surface area contributed by atoms with E-state index in [1.807, 2.05) is 36.1 Å². The quantitative estimate of drug-likeness (QED) is 0.907. The Morgan fingerprint density at radius 2 is 1.71 bits per heavy atom. The number of urea groups is 1. The van der Waals surface area contributed by atoms with E-state index in [1.165, 1.54) is 12.0 Å². The van der Waals surface area contributed by atoms with E-state index in [-0.39, 0.29) is 18.0 Å². The number of anilines is 1. The van der Waals surface area contributed by atoms with E-state index in [2.05, 4.69) is 19.2 Å². The van der Waals surface area contributed by atoms with Crippen molar-refractivity contribution in [1.82, 2.24) is 10.2 Å². The number of benzene rings is 1. The number of carbonyl (C=O) groups excluding carboxylic acids is 2. The van der Waals surface area contributed by atoms with Crippen LogP contribution in [0.4, 0.5) is 10.5 Å². The van der Waals surface area contributed by atoms with Gasteiger partial charge in [-0.15, -0.1) is 0 Å². The molecule has 0 bridgehead atoms. The third kappa shape index (κ3) is 3.71. The number of amides is 3. The summed E-state index contributed by atoms with van der Waals surface area (Å²) in [5.74, 6) is 1.15. The van der Waals surface area contributed by atoms with Gasteiger partial charge >= 0.3 is 6.03 Å². The number of carbonyl (C=O) groups is 2. The highest BCUT2D eigenvalue weighted by Crippen LogP contribution is 2.23. The fourth-order valence-electron chi connectivity index (χ4n) is 3.87. The van der Waals surface area contributed by atoms with Crippen molar-refractivity contribution in [1.29, 1.82) is 0 Å². The number of likely N-dealkylation sites (tertiary alicyclic amines) is 1. The van der Waals surface area contributed by atoms with Crippen LogP contribution in [-0.4, -0.2) is 42.5 Å². The van der Waals surface area contributed by atoms with E-state index in [1.54, 1.807) is 4.90 Å². The summed E-state index contributed by atoms with van der Waals surface area (Å²) in [5, 5.41) is 3.06. The van der Waals surface area contributed by atoms with Crippen LogP contribution < -0.4 is 10.2 Å². The van der Waals surface area contributed by atoms with E-state index in [0.29, 0.717) is 24.8 Å². The molecular weight excluding hydrogens is 302 g/mol. The lowest BCUT2D eigenvalue weighted by atomic mass is 9.92. The molecule has 0 radical (unpaired) electrons. The van der Waals surface area contributed by atoms with Gasteiger partial charge < -0.3 is 15.1 Å². The second-order valence-corrected chi connectivity index (χ2v) is 7.54. The second kappa shape index (κ2) is 6.83. The van der Waals surface area contributed by atoms with Gasteiger partial charge in [-0.05, 0) is 37.3 Å². The number of aryl methyl sites for hydroxylation is 1. The molecule has 3 atom stereocenters. The van der Waals surface area contributed by atoms with Crippen LogP contribution >= 0.6 is 0 Å². The maximum Gasteiger partial charge on any atom is 0.317 e. The number of piperidine rings is 1. The fraction of sp³-hybridized carbons (Fsp3) is 0.579. The summed E-state index contributed by atoms with van der Waals surface area (Å²) in [6.07, 6.45) is 1.55. The van der Waals surface area contributed by atoms with Gasteiger partial charge in [0, 0.05) is 31.7 Å². The van der Waals surface area contributed by atoms with E-state index in [9.17, 15) is 9.59 Å². The Kier molecular flexibility index (Phi) is 4.78. The summed E-state index contributed by atoms with van der Waals surface area (Å²) in [4.78, 5) is 28.5. The Balaban J connectivity index is 1.59. The molecule has 3 amide bonds. The molecule has 0 aliphatic carbocycles. The zero-order chi connectivity index (χ0) is 17.3. The van der Waals surface area contributed by atoms with Crippen molar-refractivity contribution in [2.45, 2.75) is 39.7 Å². The SMILES string of the molecule is Cc1ccc(N2CC(NC(=O)N3CC(C)CC(C)C3)CC2=O)cc1. The summed E-state index contributed by atoms with van der Waals surface area (Å²) in [6, 6.07) is 7.79. The Hall–Kier alpha value is -2.04. The molecule has 2 saturated heterocycles. The maximum absolute atomic E-state index is 12.5. The first kappa shape index (κ1) is 16.8. The van der Waals surface area contributed by atoms with Crippen LogP contribution in [0.3, 0.4) is 0 Å². The molecule has 1 aromatic carbocycles. The normalized spacial score (nSPS) is 27.5. The molecule has 1 aromatic rings. The summed E-state index contributed by atoms with van der Waals surface area (Å²) < 4.78 is 0. The first-order chi connectivity index (χ1) is 11.4. The summed E-state index contributed by atoms with van der Waals surface area (Å²) >= 11 is 0. The van der Waals surface area contributed by atoms with Gasteiger partial charge in [0.1, 0.15) is 0 Å². The van der Waals surface area contributed by atoms with Crippen LogP contribution in [0.5, 0.6) is 0 Å². The van der Waals surface area contributed by atoms with E-state index in [4.69, 9.17) is 0 Å². The highest BCUT2D eigenvalue weighted by Gasteiger charge is 2.33. The van der Waals surface area contributed by atoms with Gasteiger partial charge in [-0.25, -0.2) is 4.79 Å². The lowest BCUT2D eigenvalue weighted by Crippen LogP contribution is -2.50. The molecule has 5 nitrogen and oxygen atoms in total. The third-order valence-electron chi connectivity index (χ3n) is 4.95. The average molecular weight is 329 g/mol. The van der Waals surface area contributed by atoms with Crippen LogP contribution in [0.25, 0.3) is 0 Å². The number of nitrogens with zero attached hydrogens (tertiary/aromatic N) is 2. The Bertz CT molecular complexity index is 604. The van der Waals surface area contributed by atoms with Gasteiger partial charge in [0.15, 0.2) is 0 Å². The van der Waals surface area contributed by atoms with Gasteiger partial charge in [0.05, 0.1) is 6.04 Å². The summed E-state index contributed by atoms with van der Waals surface area (Å²) in [6.45, 7) is 8.56. The van der Waals surface area contributed by atoms with Crippen LogP contribution in [0.15, 0.2) is 24.3 Å². The molecule has 3 unspecified atom stereocenters. The highest BCUT2D eigenvalue weighted by atomic mass is 16.2. The smallest absolute Gasteiger partial charge is 0.317 e. The average Bonchev–Trinajstić information content (AvgIpc) is 2.87. The van der Waals surface area contributed by atoms with Crippen LogP contribution in [-0.2, 0) is 4.79 Å². The molecule has 2 heterocycles. The summed E-state index contributed by atoms with van der Waals surface area (Å²) in [7, 11) is 0. The second-order valence-electron chi connectivity index (χ2n) is 7.54. The molecular formula is C19H27N3O2. The fourth-order valence-corrected chi connectivity index (χ4v) is 3.87. The zero-order valence-corrected chi connectivity index (χ0v) is 14.8. The third-order valence-corrected chi connectivity index (χ3v) is 4.95. The molecule has 0 aromatic heterocycles. The van der Waals surface area contributed by atoms with Crippen LogP contribution in [0.1, 0.15) is 32.3 Å². The van der Waals surface area contributed by atoms with Crippen molar-refractivity contribution in [3.63, 3.8) is 0 Å². The minimum absolute atomic E-state index is 0.0306. The Morgan fingerprint density at radius 1 is 1.08 bits per heavy atom. The zero-order valence-electron chi connectivity index (χ0n) is 14.8. The monoisotopic (exact) mass is 329 g/mol. The topological polar surface area (TPSA) is 52.7 Å². The van der Waals surface area contributed by atoms with Crippen molar-refractivity contribution >= 4 is 17.6 Å². The molecule has 5 heteroatoms. The molecule has 24 heavy (non-hydrogen) atoms. The molecule has 2 fully saturated rings. The number of hydrogen-bond acceptors (Lipinski definition) is 2. The lowest BCUT2D eigenvalue weighted by Gasteiger charge is -2.35. The minimum Gasteiger partial charge on any atom is -0.333 e. The molecule has 0 saturated carbocycles. The predicted molar refractivity (Wildman–Crippen MR) is 95.0 cm³/mol. The van der Waals surface area contributed by atoms with Gasteiger partial charge in [0.2, 0.25) is 5.91 Å². The Labute approximate surface area is 144 Å². The summed E-state index contributed by atoms with van der Waals surface area (Å²) in [5.41, 5.74) is 2.08. The van der Waals surface area contributed by atoms with E-state index >= 15 is 0 Å². The highest BCUT2D eigenvalue weighted by molar-refractivity contribution is 5.96. The number of nitrogens with one attached hydrogen (secondary N) is 1. The van der Waals surface area contributed by atoms with Crippen molar-refractivity contribution in [3.05, 3.63) is 29.8 Å². The van der Waals surface area contributed by atoms with Crippen molar-refractivity contribution in [3.8, 4) is 0 Å². The van der Waals surface area contributed by atoms with Crippen molar-refractivity contribution in [2.75, 3.05) is 24.5 Å². The van der Waals surface area contributed by atoms with Gasteiger partial charge in [-0.2, -0.15) is 0 Å². The maximum atomic E-state index is 12.5. The molecule has 2 aliphatic rings. The van der Waals surface area contributed by atoms with E-state index in [0.717, 1.165) is 18.8 Å². The number of hydrogen-bond donors (Lipinski definition) is 1. The van der Waals surface area contributed by atoms with Gasteiger partial charge in [-0.1, -0.05) is 31.5 Å². The molecule has 2 aliphatic heterocycles. The molecule has 3 rings (SSSR count). The van der Waals surface area contributed by atoms with Crippen molar-refractivity contribution < 1.29 is 9.59 Å². The molecule has 0 spiro atoms. The lowest BCUT2D eigenvalue weighted by molar-refractivity contribution is -0.117. The first-order valence-electron chi connectivity index (χ1n) is 8.85. The first-order valence-corrected chi connectivity index (χ1v) is 8.85. The van der Waals surface area contributed by atoms with E-state index < -0.39 is 0 Å². The Morgan fingerprint density at radius 3 is 2.33 bits per heavy atom. The standard InChI is InChI=1S/C19H27N3O2/c1-13-4-6-17(7-5-13)22-12-16(9-18(22)23)20-19(24)21-10-14(2)8-15(3)11-21/h4-7,14-16H,8-12H2,1-3H3,(H,20,24).